The van der Waals surface area contributed by atoms with E-state index in [-0.39, 0.29) is 62.3 Å². The number of fused-ring (bicyclic) bond motifs is 2. The summed E-state index contributed by atoms with van der Waals surface area (Å²) in [6.45, 7) is 4.89. The molecular weight excluding hydrogens is 780 g/mol. The van der Waals surface area contributed by atoms with Gasteiger partial charge in [0.2, 0.25) is 0 Å². The number of alkyl halides is 4. The first-order valence-electron chi connectivity index (χ1n) is 15.5. The van der Waals surface area contributed by atoms with Crippen molar-refractivity contribution < 1.29 is 31.9 Å². The van der Waals surface area contributed by atoms with Gasteiger partial charge in [-0.05, 0) is 89.0 Å². The number of aromatic nitrogens is 4. The van der Waals surface area contributed by atoms with Crippen molar-refractivity contribution in [3.05, 3.63) is 45.6 Å². The number of rotatable bonds is 4. The molecule has 6 heterocycles. The van der Waals surface area contributed by atoms with E-state index in [9.17, 15) is 27.2 Å². The molecule has 1 N–H and O–H groups in total. The van der Waals surface area contributed by atoms with Gasteiger partial charge in [-0.2, -0.15) is 4.90 Å². The molecule has 11 nitrogen and oxygen atoms in total. The Kier molecular flexibility index (Phi) is 9.36. The lowest BCUT2D eigenvalue weighted by molar-refractivity contribution is -0.0227. The second-order valence-electron chi connectivity index (χ2n) is 13.0. The minimum absolute atomic E-state index is 0.0150. The molecule has 2 aliphatic heterocycles. The second-order valence-corrected chi connectivity index (χ2v) is 14.6. The van der Waals surface area contributed by atoms with E-state index in [1.165, 1.54) is 6.07 Å². The van der Waals surface area contributed by atoms with Gasteiger partial charge in [0.25, 0.3) is 11.8 Å². The summed E-state index contributed by atoms with van der Waals surface area (Å²) < 4.78 is 62.9. The number of anilines is 4. The number of carbonyl (C=O) groups is 2. The fourth-order valence-corrected chi connectivity index (χ4v) is 6.25. The summed E-state index contributed by atoms with van der Waals surface area (Å²) in [7, 11) is 0. The van der Waals surface area contributed by atoms with Crippen molar-refractivity contribution in [2.75, 3.05) is 46.2 Å². The van der Waals surface area contributed by atoms with Crippen LogP contribution in [0, 0.1) is 0 Å². The standard InChI is InChI=1S/C32H32Br2F4N8O3/c1-30(2,3)49-29(48)46(23-17-19-5-7-21(34)40-25(19)27(43-23)45-14-10-32(37,38)11-15-45)28(47)42-22-16-18-4-6-20(33)39-24(18)26(41-22)44-12-8-31(35,36)9-13-44/h4-7,16-17H,8-15H2,1-3H3,(H,41,42,47). The van der Waals surface area contributed by atoms with Crippen LogP contribution in [0.4, 0.5) is 50.4 Å². The third-order valence-electron chi connectivity index (χ3n) is 8.06. The van der Waals surface area contributed by atoms with Crippen LogP contribution >= 0.6 is 31.9 Å². The molecule has 2 saturated heterocycles. The van der Waals surface area contributed by atoms with Crippen molar-refractivity contribution in [1.82, 2.24) is 19.9 Å². The van der Waals surface area contributed by atoms with E-state index in [0.717, 1.165) is 0 Å². The van der Waals surface area contributed by atoms with Gasteiger partial charge in [0.05, 0.1) is 0 Å². The zero-order chi connectivity index (χ0) is 35.3. The van der Waals surface area contributed by atoms with Gasteiger partial charge in [0.1, 0.15) is 37.5 Å². The number of nitrogens with one attached hydrogen (secondary N) is 1. The quantitative estimate of drug-likeness (QED) is 0.160. The van der Waals surface area contributed by atoms with E-state index in [0.29, 0.717) is 35.9 Å². The number of pyridine rings is 4. The molecule has 0 aliphatic carbocycles. The van der Waals surface area contributed by atoms with Gasteiger partial charge in [-0.1, -0.05) is 0 Å². The number of urea groups is 1. The molecule has 4 aromatic rings. The zero-order valence-electron chi connectivity index (χ0n) is 26.7. The fraction of sp³-hybridized carbons (Fsp3) is 0.438. The number of imide groups is 1. The predicted octanol–water partition coefficient (Wildman–Crippen LogP) is 8.54. The van der Waals surface area contributed by atoms with Crippen molar-refractivity contribution in [3.8, 4) is 0 Å². The molecule has 0 aromatic carbocycles. The minimum Gasteiger partial charge on any atom is -0.443 e. The summed E-state index contributed by atoms with van der Waals surface area (Å²) in [6, 6.07) is 8.86. The topological polar surface area (TPSA) is 117 Å². The number of hydrogen-bond donors (Lipinski definition) is 1. The Hall–Kier alpha value is -3.86. The molecule has 0 unspecified atom stereocenters. The molecule has 4 aromatic heterocycles. The summed E-state index contributed by atoms with van der Waals surface area (Å²) in [4.78, 5) is 50.2. The molecule has 0 atom stereocenters. The molecule has 0 saturated carbocycles. The molecular formula is C32H32Br2F4N8O3. The summed E-state index contributed by atoms with van der Waals surface area (Å²) in [5.74, 6) is -5.24. The van der Waals surface area contributed by atoms with Crippen LogP contribution in [0.1, 0.15) is 46.5 Å². The molecule has 0 radical (unpaired) electrons. The van der Waals surface area contributed by atoms with E-state index in [1.807, 2.05) is 0 Å². The Morgan fingerprint density at radius 1 is 0.776 bits per heavy atom. The first kappa shape index (κ1) is 35.0. The number of halogens is 6. The molecule has 0 bridgehead atoms. The maximum absolute atomic E-state index is 14.1. The number of piperidine rings is 2. The minimum atomic E-state index is -2.83. The van der Waals surface area contributed by atoms with E-state index in [4.69, 9.17) is 4.74 Å². The van der Waals surface area contributed by atoms with Crippen molar-refractivity contribution >= 4 is 89.1 Å². The highest BCUT2D eigenvalue weighted by atomic mass is 79.9. The summed E-state index contributed by atoms with van der Waals surface area (Å²) in [5, 5.41) is 3.72. The van der Waals surface area contributed by atoms with Gasteiger partial charge in [0.15, 0.2) is 11.6 Å². The lowest BCUT2D eigenvalue weighted by Gasteiger charge is -2.33. The average molecular weight is 812 g/mol. The van der Waals surface area contributed by atoms with E-state index in [1.54, 1.807) is 60.9 Å². The van der Waals surface area contributed by atoms with Crippen molar-refractivity contribution in [1.29, 1.82) is 0 Å². The normalized spacial score (nSPS) is 17.7. The average Bonchev–Trinajstić information content (AvgIpc) is 3.00. The Labute approximate surface area is 295 Å². The van der Waals surface area contributed by atoms with Gasteiger partial charge in [-0.15, -0.1) is 0 Å². The highest BCUT2D eigenvalue weighted by Crippen LogP contribution is 2.37. The van der Waals surface area contributed by atoms with E-state index in [2.05, 4.69) is 57.1 Å². The maximum atomic E-state index is 14.1. The molecule has 0 spiro atoms. The first-order chi connectivity index (χ1) is 23.0. The molecule has 3 amide bonds. The Bertz CT molecular complexity index is 1920. The van der Waals surface area contributed by atoms with Crippen LogP contribution in [0.3, 0.4) is 0 Å². The molecule has 2 aliphatic rings. The van der Waals surface area contributed by atoms with Crippen LogP contribution in [0.2, 0.25) is 0 Å². The van der Waals surface area contributed by atoms with Crippen LogP contribution in [0.5, 0.6) is 0 Å². The zero-order valence-corrected chi connectivity index (χ0v) is 29.9. The molecule has 49 heavy (non-hydrogen) atoms. The highest BCUT2D eigenvalue weighted by Gasteiger charge is 2.38. The molecule has 260 valence electrons. The van der Waals surface area contributed by atoms with Crippen LogP contribution in [0.15, 0.2) is 45.6 Å². The van der Waals surface area contributed by atoms with Crippen LogP contribution in [-0.2, 0) is 4.74 Å². The monoisotopic (exact) mass is 810 g/mol. The summed E-state index contributed by atoms with van der Waals surface area (Å²) >= 11 is 6.71. The Morgan fingerprint density at radius 2 is 1.24 bits per heavy atom. The molecule has 17 heteroatoms. The van der Waals surface area contributed by atoms with Crippen LogP contribution < -0.4 is 20.0 Å². The lowest BCUT2D eigenvalue weighted by atomic mass is 10.1. The maximum Gasteiger partial charge on any atom is 0.424 e. The number of carbonyl (C=O) groups excluding carboxylic acids is 2. The highest BCUT2D eigenvalue weighted by molar-refractivity contribution is 9.10. The van der Waals surface area contributed by atoms with E-state index >= 15 is 0 Å². The Balaban J connectivity index is 1.41. The smallest absolute Gasteiger partial charge is 0.424 e. The molecule has 6 rings (SSSR count). The van der Waals surface area contributed by atoms with Gasteiger partial charge in [-0.3, -0.25) is 5.32 Å². The fourth-order valence-electron chi connectivity index (χ4n) is 5.63. The largest absolute Gasteiger partial charge is 0.443 e. The lowest BCUT2D eigenvalue weighted by Crippen LogP contribution is -2.44. The summed E-state index contributed by atoms with van der Waals surface area (Å²) in [5.41, 5.74) is -0.183. The Morgan fingerprint density at radius 3 is 1.73 bits per heavy atom. The first-order valence-corrected chi connectivity index (χ1v) is 17.1. The van der Waals surface area contributed by atoms with Gasteiger partial charge in [0, 0.05) is 62.6 Å². The van der Waals surface area contributed by atoms with Gasteiger partial charge >= 0.3 is 12.1 Å². The number of nitrogens with zero attached hydrogens (tertiary/aromatic N) is 7. The second kappa shape index (κ2) is 13.1. The van der Waals surface area contributed by atoms with E-state index < -0.39 is 42.4 Å². The van der Waals surface area contributed by atoms with Gasteiger partial charge < -0.3 is 14.5 Å². The van der Waals surface area contributed by atoms with Crippen LogP contribution in [0.25, 0.3) is 21.8 Å². The molecule has 2 fully saturated rings. The van der Waals surface area contributed by atoms with Crippen molar-refractivity contribution in [2.24, 2.45) is 0 Å². The third-order valence-corrected chi connectivity index (χ3v) is 8.95. The number of amides is 3. The third kappa shape index (κ3) is 7.97. The van der Waals surface area contributed by atoms with Gasteiger partial charge in [-0.25, -0.2) is 47.1 Å². The number of hydrogen-bond acceptors (Lipinski definition) is 9. The summed E-state index contributed by atoms with van der Waals surface area (Å²) in [6.07, 6.45) is -2.60. The predicted molar refractivity (Wildman–Crippen MR) is 185 cm³/mol. The SMILES string of the molecule is CC(C)(C)OC(=O)N(C(=O)Nc1cc2ccc(Br)nc2c(N2CCC(F)(F)CC2)n1)c1cc2ccc(Br)nc2c(N2CCC(F)(F)CC2)n1. The number of ether oxygens (including phenoxy) is 1. The van der Waals surface area contributed by atoms with Crippen molar-refractivity contribution in [2.45, 2.75) is 63.9 Å². The van der Waals surface area contributed by atoms with Crippen molar-refractivity contribution in [3.63, 3.8) is 0 Å². The van der Waals surface area contributed by atoms with Crippen LogP contribution in [-0.4, -0.2) is 75.7 Å².